The predicted molar refractivity (Wildman–Crippen MR) is 104 cm³/mol. The normalized spacial score (nSPS) is 11.2. The van der Waals surface area contributed by atoms with Crippen LogP contribution >= 0.6 is 11.6 Å². The monoisotopic (exact) mass is 354 g/mol. The molecule has 2 amide bonds. The number of nitrogens with one attached hydrogen (secondary N) is 2. The number of hydrazone groups is 1. The number of amides is 2. The van der Waals surface area contributed by atoms with E-state index >= 15 is 0 Å². The lowest BCUT2D eigenvalue weighted by atomic mass is 10.1. The molecule has 1 heterocycles. The lowest BCUT2D eigenvalue weighted by Crippen LogP contribution is -2.24. The fraction of sp³-hybridized carbons (Fsp3) is 0.158. The fourth-order valence-corrected chi connectivity index (χ4v) is 3.00. The van der Waals surface area contributed by atoms with Gasteiger partial charge in [-0.15, -0.1) is 0 Å². The van der Waals surface area contributed by atoms with Gasteiger partial charge in [-0.1, -0.05) is 29.8 Å². The molecule has 0 saturated carbocycles. The summed E-state index contributed by atoms with van der Waals surface area (Å²) in [5, 5.41) is 8.52. The lowest BCUT2D eigenvalue weighted by Gasteiger charge is -2.04. The van der Waals surface area contributed by atoms with E-state index in [2.05, 4.69) is 46.4 Å². The van der Waals surface area contributed by atoms with E-state index in [1.807, 2.05) is 12.1 Å². The van der Waals surface area contributed by atoms with E-state index in [9.17, 15) is 4.79 Å². The van der Waals surface area contributed by atoms with Gasteiger partial charge in [0.1, 0.15) is 0 Å². The maximum absolute atomic E-state index is 11.9. The number of carbonyl (C=O) groups is 1. The Morgan fingerprint density at radius 2 is 1.92 bits per heavy atom. The topological polar surface area (TPSA) is 58.4 Å². The van der Waals surface area contributed by atoms with Crippen molar-refractivity contribution in [1.82, 2.24) is 9.99 Å². The van der Waals surface area contributed by atoms with Crippen molar-refractivity contribution in [3.8, 4) is 0 Å². The van der Waals surface area contributed by atoms with E-state index in [0.717, 1.165) is 28.7 Å². The Kier molecular flexibility index (Phi) is 5.05. The highest BCUT2D eigenvalue weighted by Crippen LogP contribution is 2.24. The van der Waals surface area contributed by atoms with E-state index in [0.29, 0.717) is 10.7 Å². The zero-order valence-electron chi connectivity index (χ0n) is 14.1. The number of fused-ring (bicyclic) bond motifs is 1. The summed E-state index contributed by atoms with van der Waals surface area (Å²) in [6.07, 6.45) is 1.69. The van der Waals surface area contributed by atoms with Crippen LogP contribution in [0.15, 0.2) is 53.6 Å². The molecule has 2 N–H and O–H groups in total. The van der Waals surface area contributed by atoms with Crippen molar-refractivity contribution in [2.45, 2.75) is 20.4 Å². The van der Waals surface area contributed by atoms with Crippen LogP contribution in [0.1, 0.15) is 18.2 Å². The van der Waals surface area contributed by atoms with Gasteiger partial charge in [-0.2, -0.15) is 5.10 Å². The largest absolute Gasteiger partial charge is 0.344 e. The number of urea groups is 1. The number of rotatable bonds is 4. The number of anilines is 1. The van der Waals surface area contributed by atoms with Gasteiger partial charge < -0.3 is 9.88 Å². The summed E-state index contributed by atoms with van der Waals surface area (Å²) in [5.41, 5.74) is 6.42. The first-order valence-electron chi connectivity index (χ1n) is 8.03. The van der Waals surface area contributed by atoms with Gasteiger partial charge in [0.2, 0.25) is 0 Å². The van der Waals surface area contributed by atoms with Crippen LogP contribution in [0.3, 0.4) is 0 Å². The van der Waals surface area contributed by atoms with Crippen molar-refractivity contribution in [1.29, 1.82) is 0 Å². The zero-order valence-corrected chi connectivity index (χ0v) is 14.8. The Bertz CT molecular complexity index is 928. The SMILES string of the molecule is CCn1c(C)c(/C=N\NC(=O)Nc2ccc(Cl)cc2)c2ccccc21. The standard InChI is InChI=1S/C19H19ClN4O/c1-3-24-13(2)17(16-6-4-5-7-18(16)24)12-21-23-19(25)22-15-10-8-14(20)9-11-15/h4-12H,3H2,1-2H3,(H2,22,23,25)/b21-12-. The summed E-state index contributed by atoms with van der Waals surface area (Å²) in [7, 11) is 0. The Labute approximate surface area is 151 Å². The molecule has 1 aromatic heterocycles. The summed E-state index contributed by atoms with van der Waals surface area (Å²) in [6.45, 7) is 5.04. The third kappa shape index (κ3) is 3.67. The van der Waals surface area contributed by atoms with Gasteiger partial charge in [0.05, 0.1) is 6.21 Å². The maximum Gasteiger partial charge on any atom is 0.339 e. The predicted octanol–water partition coefficient (Wildman–Crippen LogP) is 4.78. The molecule has 0 bridgehead atoms. The van der Waals surface area contributed by atoms with Crippen molar-refractivity contribution in [3.63, 3.8) is 0 Å². The first-order chi connectivity index (χ1) is 12.1. The van der Waals surface area contributed by atoms with Crippen LogP contribution in [0, 0.1) is 6.92 Å². The smallest absolute Gasteiger partial charge is 0.339 e. The molecular weight excluding hydrogens is 336 g/mol. The number of carbonyl (C=O) groups excluding carboxylic acids is 1. The summed E-state index contributed by atoms with van der Waals surface area (Å²) < 4.78 is 2.23. The van der Waals surface area contributed by atoms with Crippen LogP contribution in [0.4, 0.5) is 10.5 Å². The molecule has 2 aromatic carbocycles. The molecule has 0 saturated heterocycles. The van der Waals surface area contributed by atoms with Crippen LogP contribution in [-0.2, 0) is 6.54 Å². The first-order valence-corrected chi connectivity index (χ1v) is 8.41. The summed E-state index contributed by atoms with van der Waals surface area (Å²) in [5.74, 6) is 0. The van der Waals surface area contributed by atoms with Crippen LogP contribution in [0.5, 0.6) is 0 Å². The van der Waals surface area contributed by atoms with Crippen LogP contribution < -0.4 is 10.7 Å². The van der Waals surface area contributed by atoms with Crippen LogP contribution in [0.25, 0.3) is 10.9 Å². The fourth-order valence-electron chi connectivity index (χ4n) is 2.88. The quantitative estimate of drug-likeness (QED) is 0.514. The van der Waals surface area contributed by atoms with Crippen molar-refractivity contribution in [2.24, 2.45) is 5.10 Å². The number of nitrogens with zero attached hydrogens (tertiary/aromatic N) is 2. The minimum absolute atomic E-state index is 0.407. The van der Waals surface area contributed by atoms with Crippen molar-refractivity contribution < 1.29 is 4.79 Å². The minimum atomic E-state index is -0.407. The Hall–Kier alpha value is -2.79. The van der Waals surface area contributed by atoms with Crippen LogP contribution in [-0.4, -0.2) is 16.8 Å². The number of hydrogen-bond acceptors (Lipinski definition) is 2. The summed E-state index contributed by atoms with van der Waals surface area (Å²) in [4.78, 5) is 11.9. The highest BCUT2D eigenvalue weighted by Gasteiger charge is 2.10. The highest BCUT2D eigenvalue weighted by molar-refractivity contribution is 6.30. The average Bonchev–Trinajstić information content (AvgIpc) is 2.88. The summed E-state index contributed by atoms with van der Waals surface area (Å²) >= 11 is 5.82. The second-order valence-corrected chi connectivity index (χ2v) is 6.03. The number of hydrogen-bond donors (Lipinski definition) is 2. The average molecular weight is 355 g/mol. The summed E-state index contributed by atoms with van der Waals surface area (Å²) in [6, 6.07) is 14.6. The lowest BCUT2D eigenvalue weighted by molar-refractivity contribution is 0.252. The minimum Gasteiger partial charge on any atom is -0.344 e. The van der Waals surface area contributed by atoms with Crippen LogP contribution in [0.2, 0.25) is 5.02 Å². The number of para-hydroxylation sites is 1. The molecule has 3 rings (SSSR count). The second kappa shape index (κ2) is 7.40. The van der Waals surface area contributed by atoms with E-state index in [4.69, 9.17) is 11.6 Å². The maximum atomic E-state index is 11.9. The van der Waals surface area contributed by atoms with E-state index in [-0.39, 0.29) is 0 Å². The van der Waals surface area contributed by atoms with E-state index < -0.39 is 6.03 Å². The third-order valence-corrected chi connectivity index (χ3v) is 4.31. The molecule has 128 valence electrons. The van der Waals surface area contributed by atoms with Gasteiger partial charge in [-0.3, -0.25) is 0 Å². The van der Waals surface area contributed by atoms with Gasteiger partial charge >= 0.3 is 6.03 Å². The Morgan fingerprint density at radius 1 is 1.20 bits per heavy atom. The second-order valence-electron chi connectivity index (χ2n) is 5.59. The molecule has 6 heteroatoms. The van der Waals surface area contributed by atoms with Gasteiger partial charge in [-0.05, 0) is 44.2 Å². The van der Waals surface area contributed by atoms with Gasteiger partial charge in [0.15, 0.2) is 0 Å². The molecule has 0 spiro atoms. The van der Waals surface area contributed by atoms with Crippen molar-refractivity contribution in [3.05, 3.63) is 64.8 Å². The molecular formula is C19H19ClN4O. The van der Waals surface area contributed by atoms with Crippen molar-refractivity contribution >= 4 is 40.4 Å². The number of benzene rings is 2. The molecule has 3 aromatic rings. The molecule has 25 heavy (non-hydrogen) atoms. The third-order valence-electron chi connectivity index (χ3n) is 4.06. The van der Waals surface area contributed by atoms with Crippen molar-refractivity contribution in [2.75, 3.05) is 5.32 Å². The van der Waals surface area contributed by atoms with E-state index in [1.165, 1.54) is 0 Å². The highest BCUT2D eigenvalue weighted by atomic mass is 35.5. The molecule has 0 aliphatic rings. The molecule has 0 radical (unpaired) electrons. The van der Waals surface area contributed by atoms with Gasteiger partial charge in [-0.25, -0.2) is 10.2 Å². The molecule has 0 aliphatic heterocycles. The van der Waals surface area contributed by atoms with Gasteiger partial charge in [0, 0.05) is 39.4 Å². The van der Waals surface area contributed by atoms with E-state index in [1.54, 1.807) is 30.5 Å². The molecule has 0 atom stereocenters. The molecule has 0 aliphatic carbocycles. The Balaban J connectivity index is 1.74. The molecule has 0 unspecified atom stereocenters. The molecule has 5 nitrogen and oxygen atoms in total. The first kappa shape index (κ1) is 17.0. The molecule has 0 fully saturated rings. The number of aromatic nitrogens is 1. The van der Waals surface area contributed by atoms with Gasteiger partial charge in [0.25, 0.3) is 0 Å². The zero-order chi connectivity index (χ0) is 17.8. The number of halogens is 1. The number of aryl methyl sites for hydroxylation is 1. The Morgan fingerprint density at radius 3 is 2.64 bits per heavy atom.